The number of hydrogen-bond acceptors (Lipinski definition) is 3. The first kappa shape index (κ1) is 12.1. The molecule has 0 spiro atoms. The molecule has 1 amide bonds. The number of nitrogens with one attached hydrogen (secondary N) is 1. The van der Waals surface area contributed by atoms with Gasteiger partial charge in [-0.2, -0.15) is 0 Å². The molecule has 0 bridgehead atoms. The number of rotatable bonds is 4. The van der Waals surface area contributed by atoms with Crippen LogP contribution in [-0.4, -0.2) is 18.0 Å². The molecule has 0 aliphatic rings. The van der Waals surface area contributed by atoms with E-state index in [2.05, 4.69) is 10.3 Å². The summed E-state index contributed by atoms with van der Waals surface area (Å²) >= 11 is 0. The molecular formula is C14H14N2O2. The number of benzene rings is 1. The molecule has 18 heavy (non-hydrogen) atoms. The van der Waals surface area contributed by atoms with Gasteiger partial charge in [-0.15, -0.1) is 0 Å². The van der Waals surface area contributed by atoms with Crippen molar-refractivity contribution in [1.29, 1.82) is 0 Å². The highest BCUT2D eigenvalue weighted by molar-refractivity contribution is 5.94. The van der Waals surface area contributed by atoms with Gasteiger partial charge in [-0.25, -0.2) is 0 Å². The summed E-state index contributed by atoms with van der Waals surface area (Å²) in [6.45, 7) is 0.462. The Morgan fingerprint density at radius 2 is 2.22 bits per heavy atom. The molecule has 2 rings (SSSR count). The third-order valence-corrected chi connectivity index (χ3v) is 2.51. The van der Waals surface area contributed by atoms with E-state index in [4.69, 9.17) is 4.74 Å². The van der Waals surface area contributed by atoms with Crippen molar-refractivity contribution in [3.8, 4) is 5.75 Å². The van der Waals surface area contributed by atoms with Crippen LogP contribution >= 0.6 is 0 Å². The second kappa shape index (κ2) is 5.82. The van der Waals surface area contributed by atoms with Crippen molar-refractivity contribution in [2.45, 2.75) is 6.54 Å². The van der Waals surface area contributed by atoms with Crippen molar-refractivity contribution in [3.63, 3.8) is 0 Å². The standard InChI is InChI=1S/C14H14N2O2/c1-18-13-6-2-5-12(8-13)14(17)16-10-11-4-3-7-15-9-11/h2-9H,10H2,1H3,(H,16,17). The van der Waals surface area contributed by atoms with E-state index < -0.39 is 0 Å². The van der Waals surface area contributed by atoms with Crippen LogP contribution in [0.25, 0.3) is 0 Å². The Balaban J connectivity index is 1.99. The molecule has 0 aliphatic carbocycles. The van der Waals surface area contributed by atoms with E-state index in [1.165, 1.54) is 0 Å². The SMILES string of the molecule is COc1cccc(C(=O)NCc2cccnc2)c1. The quantitative estimate of drug-likeness (QED) is 0.892. The first-order chi connectivity index (χ1) is 8.79. The van der Waals surface area contributed by atoms with Crippen LogP contribution in [-0.2, 0) is 6.54 Å². The summed E-state index contributed by atoms with van der Waals surface area (Å²) in [6, 6.07) is 10.8. The van der Waals surface area contributed by atoms with Gasteiger partial charge in [0, 0.05) is 24.5 Å². The molecule has 92 valence electrons. The number of carbonyl (C=O) groups excluding carboxylic acids is 1. The minimum absolute atomic E-state index is 0.127. The predicted molar refractivity (Wildman–Crippen MR) is 68.4 cm³/mol. The highest BCUT2D eigenvalue weighted by atomic mass is 16.5. The van der Waals surface area contributed by atoms with Gasteiger partial charge >= 0.3 is 0 Å². The molecule has 0 unspecified atom stereocenters. The van der Waals surface area contributed by atoms with Crippen LogP contribution < -0.4 is 10.1 Å². The lowest BCUT2D eigenvalue weighted by molar-refractivity contribution is 0.0950. The van der Waals surface area contributed by atoms with Gasteiger partial charge in [-0.3, -0.25) is 9.78 Å². The van der Waals surface area contributed by atoms with Gasteiger partial charge in [0.15, 0.2) is 0 Å². The van der Waals surface area contributed by atoms with E-state index in [1.54, 1.807) is 43.8 Å². The predicted octanol–water partition coefficient (Wildman–Crippen LogP) is 2.02. The molecule has 1 N–H and O–H groups in total. The smallest absolute Gasteiger partial charge is 0.251 e. The van der Waals surface area contributed by atoms with Crippen LogP contribution in [0.2, 0.25) is 0 Å². The topological polar surface area (TPSA) is 51.2 Å². The van der Waals surface area contributed by atoms with Crippen molar-refractivity contribution in [2.24, 2.45) is 0 Å². The van der Waals surface area contributed by atoms with E-state index in [0.717, 1.165) is 5.56 Å². The third kappa shape index (κ3) is 3.07. The Bertz CT molecular complexity index is 526. The molecule has 0 saturated carbocycles. The Kier molecular flexibility index (Phi) is 3.91. The molecule has 0 fully saturated rings. The zero-order valence-electron chi connectivity index (χ0n) is 10.1. The maximum atomic E-state index is 11.9. The van der Waals surface area contributed by atoms with Gasteiger partial charge in [0.05, 0.1) is 7.11 Å². The number of nitrogens with zero attached hydrogens (tertiary/aromatic N) is 1. The Morgan fingerprint density at radius 1 is 1.33 bits per heavy atom. The monoisotopic (exact) mass is 242 g/mol. The number of ether oxygens (including phenoxy) is 1. The summed E-state index contributed by atoms with van der Waals surface area (Å²) in [5, 5.41) is 2.83. The Morgan fingerprint density at radius 3 is 2.94 bits per heavy atom. The van der Waals surface area contributed by atoms with E-state index in [1.807, 2.05) is 12.1 Å². The first-order valence-electron chi connectivity index (χ1n) is 5.61. The number of pyridine rings is 1. The number of amides is 1. The maximum Gasteiger partial charge on any atom is 0.251 e. The highest BCUT2D eigenvalue weighted by Crippen LogP contribution is 2.12. The van der Waals surface area contributed by atoms with Gasteiger partial charge < -0.3 is 10.1 Å². The lowest BCUT2D eigenvalue weighted by Crippen LogP contribution is -2.22. The maximum absolute atomic E-state index is 11.9. The molecule has 1 heterocycles. The molecule has 1 aromatic carbocycles. The fourth-order valence-corrected chi connectivity index (χ4v) is 1.55. The fourth-order valence-electron chi connectivity index (χ4n) is 1.55. The summed E-state index contributed by atoms with van der Waals surface area (Å²) in [6.07, 6.45) is 3.43. The summed E-state index contributed by atoms with van der Waals surface area (Å²) in [5.74, 6) is 0.543. The minimum atomic E-state index is -0.127. The molecule has 4 nitrogen and oxygen atoms in total. The second-order valence-electron chi connectivity index (χ2n) is 3.78. The van der Waals surface area contributed by atoms with E-state index in [0.29, 0.717) is 17.9 Å². The van der Waals surface area contributed by atoms with Crippen LogP contribution in [0.1, 0.15) is 15.9 Å². The van der Waals surface area contributed by atoms with Gasteiger partial charge in [0.25, 0.3) is 5.91 Å². The molecule has 2 aromatic rings. The molecule has 0 radical (unpaired) electrons. The van der Waals surface area contributed by atoms with Crippen molar-refractivity contribution >= 4 is 5.91 Å². The number of carbonyl (C=O) groups is 1. The molecule has 0 aliphatic heterocycles. The third-order valence-electron chi connectivity index (χ3n) is 2.51. The average Bonchev–Trinajstić information content (AvgIpc) is 2.46. The largest absolute Gasteiger partial charge is 0.497 e. The van der Waals surface area contributed by atoms with E-state index in [9.17, 15) is 4.79 Å². The van der Waals surface area contributed by atoms with Crippen molar-refractivity contribution in [2.75, 3.05) is 7.11 Å². The zero-order valence-corrected chi connectivity index (χ0v) is 10.1. The van der Waals surface area contributed by atoms with Crippen LogP contribution in [0.3, 0.4) is 0 Å². The molecular weight excluding hydrogens is 228 g/mol. The summed E-state index contributed by atoms with van der Waals surface area (Å²) in [7, 11) is 1.58. The lowest BCUT2D eigenvalue weighted by Gasteiger charge is -2.06. The van der Waals surface area contributed by atoms with Gasteiger partial charge in [-0.1, -0.05) is 12.1 Å². The van der Waals surface area contributed by atoms with Crippen LogP contribution in [0.15, 0.2) is 48.8 Å². The molecule has 0 saturated heterocycles. The Labute approximate surface area is 106 Å². The fraction of sp³-hybridized carbons (Fsp3) is 0.143. The number of methoxy groups -OCH3 is 1. The number of aromatic nitrogens is 1. The highest BCUT2D eigenvalue weighted by Gasteiger charge is 2.05. The van der Waals surface area contributed by atoms with E-state index in [-0.39, 0.29) is 5.91 Å². The second-order valence-corrected chi connectivity index (χ2v) is 3.78. The molecule has 4 heteroatoms. The summed E-state index contributed by atoms with van der Waals surface area (Å²) in [4.78, 5) is 15.9. The molecule has 0 atom stereocenters. The van der Waals surface area contributed by atoms with Crippen molar-refractivity contribution in [3.05, 3.63) is 59.9 Å². The number of hydrogen-bond donors (Lipinski definition) is 1. The summed E-state index contributed by atoms with van der Waals surface area (Å²) < 4.78 is 5.08. The van der Waals surface area contributed by atoms with Gasteiger partial charge in [0.1, 0.15) is 5.75 Å². The van der Waals surface area contributed by atoms with Crippen molar-refractivity contribution in [1.82, 2.24) is 10.3 Å². The summed E-state index contributed by atoms with van der Waals surface area (Å²) in [5.41, 5.74) is 1.55. The average molecular weight is 242 g/mol. The molecule has 1 aromatic heterocycles. The normalized spacial score (nSPS) is 9.83. The van der Waals surface area contributed by atoms with Crippen molar-refractivity contribution < 1.29 is 9.53 Å². The first-order valence-corrected chi connectivity index (χ1v) is 5.61. The minimum Gasteiger partial charge on any atom is -0.497 e. The van der Waals surface area contributed by atoms with Gasteiger partial charge in [0.2, 0.25) is 0 Å². The van der Waals surface area contributed by atoms with Crippen LogP contribution in [0, 0.1) is 0 Å². The zero-order chi connectivity index (χ0) is 12.8. The van der Waals surface area contributed by atoms with E-state index >= 15 is 0 Å². The van der Waals surface area contributed by atoms with Crippen LogP contribution in [0.5, 0.6) is 5.75 Å². The van der Waals surface area contributed by atoms with Crippen LogP contribution in [0.4, 0.5) is 0 Å². The van der Waals surface area contributed by atoms with Gasteiger partial charge in [-0.05, 0) is 29.8 Å². The lowest BCUT2D eigenvalue weighted by atomic mass is 10.2. The Hall–Kier alpha value is -2.36.